The number of ether oxygens (including phenoxy) is 1. The molecular formula is C17H23NO4. The molecule has 0 amide bonds. The first-order valence-corrected chi connectivity index (χ1v) is 7.65. The van der Waals surface area contributed by atoms with E-state index in [1.807, 2.05) is 12.1 Å². The molecule has 5 heteroatoms. The van der Waals surface area contributed by atoms with E-state index in [9.17, 15) is 5.11 Å². The first kappa shape index (κ1) is 16.4. The molecule has 1 aliphatic heterocycles. The number of fused-ring (bicyclic) bond motifs is 3. The Morgan fingerprint density at radius 2 is 2.09 bits per heavy atom. The summed E-state index contributed by atoms with van der Waals surface area (Å²) >= 11 is 0. The number of carbonyl (C=O) groups is 1. The first-order chi connectivity index (χ1) is 10.5. The number of aliphatic carboxylic acids is 1. The van der Waals surface area contributed by atoms with Crippen molar-refractivity contribution in [2.24, 2.45) is 0 Å². The Kier molecular flexibility index (Phi) is 5.08. The van der Waals surface area contributed by atoms with Gasteiger partial charge in [-0.25, -0.2) is 0 Å². The van der Waals surface area contributed by atoms with E-state index in [1.165, 1.54) is 27.7 Å². The maximum Gasteiger partial charge on any atom is 0.300 e. The topological polar surface area (TPSA) is 82.5 Å². The second kappa shape index (κ2) is 6.83. The lowest BCUT2D eigenvalue weighted by Crippen LogP contribution is -2.14. The third-order valence-corrected chi connectivity index (χ3v) is 3.86. The van der Waals surface area contributed by atoms with E-state index in [2.05, 4.69) is 18.8 Å². The molecule has 2 aromatic rings. The molecule has 3 rings (SSSR count). The van der Waals surface area contributed by atoms with Crippen LogP contribution in [0, 0.1) is 0 Å². The van der Waals surface area contributed by atoms with E-state index >= 15 is 0 Å². The normalized spacial score (nSPS) is 16.8. The molecule has 1 aliphatic rings. The molecule has 1 atom stereocenters. The zero-order chi connectivity index (χ0) is 16.3. The van der Waals surface area contributed by atoms with Crippen molar-refractivity contribution in [1.29, 1.82) is 0 Å². The van der Waals surface area contributed by atoms with E-state index in [0.717, 1.165) is 32.8 Å². The number of hydrogen-bond acceptors (Lipinski definition) is 3. The number of carboxylic acid groups (broad SMARTS) is 1. The number of benzene rings is 1. The van der Waals surface area contributed by atoms with Crippen molar-refractivity contribution in [3.8, 4) is 5.75 Å². The van der Waals surface area contributed by atoms with Crippen LogP contribution in [-0.2, 0) is 22.4 Å². The maximum atomic E-state index is 9.84. The second-order valence-corrected chi connectivity index (χ2v) is 5.43. The highest BCUT2D eigenvalue weighted by molar-refractivity contribution is 5.89. The van der Waals surface area contributed by atoms with Gasteiger partial charge in [0.2, 0.25) is 0 Å². The highest BCUT2D eigenvalue weighted by Crippen LogP contribution is 2.37. The molecule has 0 fully saturated rings. The monoisotopic (exact) mass is 305 g/mol. The van der Waals surface area contributed by atoms with Crippen LogP contribution in [0.1, 0.15) is 50.1 Å². The van der Waals surface area contributed by atoms with Crippen molar-refractivity contribution in [2.75, 3.05) is 6.61 Å². The highest BCUT2D eigenvalue weighted by Gasteiger charge is 2.24. The summed E-state index contributed by atoms with van der Waals surface area (Å²) in [6.07, 6.45) is 3.00. The van der Waals surface area contributed by atoms with E-state index in [1.54, 1.807) is 0 Å². The SMILES string of the molecule is CC(=O)O.CCc1cc(O)cc2c3c([nH]c12)C(CC)OCC3. The predicted octanol–water partition coefficient (Wildman–Crippen LogP) is 3.55. The largest absolute Gasteiger partial charge is 0.508 e. The minimum absolute atomic E-state index is 0.174. The van der Waals surface area contributed by atoms with Crippen LogP contribution in [0.3, 0.4) is 0 Å². The van der Waals surface area contributed by atoms with Crippen LogP contribution in [-0.4, -0.2) is 27.8 Å². The van der Waals surface area contributed by atoms with Crippen LogP contribution < -0.4 is 0 Å². The maximum absolute atomic E-state index is 9.84. The van der Waals surface area contributed by atoms with Crippen molar-refractivity contribution in [2.45, 2.75) is 46.1 Å². The number of hydrogen-bond donors (Lipinski definition) is 3. The molecule has 0 spiro atoms. The van der Waals surface area contributed by atoms with Gasteiger partial charge in [-0.15, -0.1) is 0 Å². The standard InChI is InChI=1S/C15H19NO2.C2H4O2/c1-3-9-7-10(17)8-12-11-5-6-18-13(4-2)15(11)16-14(9)12;1-2(3)4/h7-8,13,16-17H,3-6H2,1-2H3;1H3,(H,3,4). The number of carboxylic acids is 1. The molecule has 2 heterocycles. The molecule has 1 aromatic carbocycles. The highest BCUT2D eigenvalue weighted by atomic mass is 16.5. The molecule has 0 saturated carbocycles. The minimum Gasteiger partial charge on any atom is -0.508 e. The van der Waals surface area contributed by atoms with E-state index in [4.69, 9.17) is 14.6 Å². The molecular weight excluding hydrogens is 282 g/mol. The van der Waals surface area contributed by atoms with Gasteiger partial charge in [0.1, 0.15) is 5.75 Å². The van der Waals surface area contributed by atoms with Gasteiger partial charge in [-0.1, -0.05) is 13.8 Å². The molecule has 120 valence electrons. The number of phenols is 1. The number of phenolic OH excluding ortho intramolecular Hbond substituents is 1. The van der Waals surface area contributed by atoms with Crippen molar-refractivity contribution >= 4 is 16.9 Å². The third kappa shape index (κ3) is 3.25. The molecule has 0 aliphatic carbocycles. The average molecular weight is 305 g/mol. The Balaban J connectivity index is 0.000000396. The Morgan fingerprint density at radius 1 is 1.41 bits per heavy atom. The number of H-pyrrole nitrogens is 1. The predicted molar refractivity (Wildman–Crippen MR) is 85.3 cm³/mol. The summed E-state index contributed by atoms with van der Waals surface area (Å²) in [5, 5.41) is 18.4. The Hall–Kier alpha value is -2.01. The second-order valence-electron chi connectivity index (χ2n) is 5.43. The zero-order valence-corrected chi connectivity index (χ0v) is 13.3. The zero-order valence-electron chi connectivity index (χ0n) is 13.3. The fourth-order valence-electron chi connectivity index (χ4n) is 2.96. The lowest BCUT2D eigenvalue weighted by atomic mass is 9.99. The van der Waals surface area contributed by atoms with Crippen LogP contribution in [0.4, 0.5) is 0 Å². The van der Waals surface area contributed by atoms with Crippen LogP contribution in [0.15, 0.2) is 12.1 Å². The lowest BCUT2D eigenvalue weighted by Gasteiger charge is -2.22. The van der Waals surface area contributed by atoms with Crippen molar-refractivity contribution in [1.82, 2.24) is 4.98 Å². The van der Waals surface area contributed by atoms with Gasteiger partial charge in [-0.05, 0) is 42.5 Å². The van der Waals surface area contributed by atoms with Crippen molar-refractivity contribution < 1.29 is 19.7 Å². The molecule has 1 unspecified atom stereocenters. The summed E-state index contributed by atoms with van der Waals surface area (Å²) in [7, 11) is 0. The lowest BCUT2D eigenvalue weighted by molar-refractivity contribution is -0.134. The molecule has 22 heavy (non-hydrogen) atoms. The van der Waals surface area contributed by atoms with Crippen LogP contribution in [0.2, 0.25) is 0 Å². The van der Waals surface area contributed by atoms with Crippen LogP contribution >= 0.6 is 0 Å². The Morgan fingerprint density at radius 3 is 2.68 bits per heavy atom. The van der Waals surface area contributed by atoms with Gasteiger partial charge < -0.3 is 19.9 Å². The third-order valence-electron chi connectivity index (χ3n) is 3.86. The number of nitrogens with one attached hydrogen (secondary N) is 1. The number of aryl methyl sites for hydroxylation is 1. The quantitative estimate of drug-likeness (QED) is 0.792. The van der Waals surface area contributed by atoms with Crippen LogP contribution in [0.25, 0.3) is 10.9 Å². The van der Waals surface area contributed by atoms with E-state index in [-0.39, 0.29) is 6.10 Å². The number of aromatic hydroxyl groups is 1. The number of aromatic amines is 1. The van der Waals surface area contributed by atoms with Gasteiger partial charge in [0.25, 0.3) is 5.97 Å². The van der Waals surface area contributed by atoms with Gasteiger partial charge in [-0.3, -0.25) is 4.79 Å². The van der Waals surface area contributed by atoms with Gasteiger partial charge in [0.05, 0.1) is 12.7 Å². The molecule has 0 bridgehead atoms. The van der Waals surface area contributed by atoms with Crippen LogP contribution in [0.5, 0.6) is 5.75 Å². The van der Waals surface area contributed by atoms with Crippen molar-refractivity contribution in [3.05, 3.63) is 29.0 Å². The Labute approximate surface area is 129 Å². The van der Waals surface area contributed by atoms with Gasteiger partial charge >= 0.3 is 0 Å². The first-order valence-electron chi connectivity index (χ1n) is 7.65. The summed E-state index contributed by atoms with van der Waals surface area (Å²) < 4.78 is 5.79. The Bertz CT molecular complexity index is 671. The number of rotatable bonds is 2. The molecule has 3 N–H and O–H groups in total. The average Bonchev–Trinajstić information content (AvgIpc) is 2.84. The molecule has 0 radical (unpaired) electrons. The smallest absolute Gasteiger partial charge is 0.300 e. The van der Waals surface area contributed by atoms with Gasteiger partial charge in [0.15, 0.2) is 0 Å². The molecule has 0 saturated heterocycles. The van der Waals surface area contributed by atoms with Crippen molar-refractivity contribution in [3.63, 3.8) is 0 Å². The summed E-state index contributed by atoms with van der Waals surface area (Å²) in [5.41, 5.74) is 4.88. The number of aromatic nitrogens is 1. The summed E-state index contributed by atoms with van der Waals surface area (Å²) in [6, 6.07) is 3.73. The van der Waals surface area contributed by atoms with Gasteiger partial charge in [-0.2, -0.15) is 0 Å². The minimum atomic E-state index is -0.833. The van der Waals surface area contributed by atoms with E-state index in [0.29, 0.717) is 5.75 Å². The fourth-order valence-corrected chi connectivity index (χ4v) is 2.96. The summed E-state index contributed by atoms with van der Waals surface area (Å²) in [6.45, 7) is 6.11. The summed E-state index contributed by atoms with van der Waals surface area (Å²) in [5.74, 6) is -0.472. The van der Waals surface area contributed by atoms with E-state index < -0.39 is 5.97 Å². The molecule has 5 nitrogen and oxygen atoms in total. The van der Waals surface area contributed by atoms with Gasteiger partial charge in [0, 0.05) is 23.5 Å². The summed E-state index contributed by atoms with van der Waals surface area (Å²) in [4.78, 5) is 12.5. The fraction of sp³-hybridized carbons (Fsp3) is 0.471. The molecule has 1 aromatic heterocycles.